The molecule has 0 aromatic carbocycles. The maximum atomic E-state index is 13.2. The molecule has 1 spiro atoms. The van der Waals surface area contributed by atoms with Crippen molar-refractivity contribution in [3.63, 3.8) is 0 Å². The Kier molecular flexibility index (Phi) is 4.42. The maximum Gasteiger partial charge on any atom is 0.246 e. The molecule has 1 heterocycles. The van der Waals surface area contributed by atoms with E-state index in [1.54, 1.807) is 0 Å². The highest BCUT2D eigenvalue weighted by Crippen LogP contribution is 2.45. The van der Waals surface area contributed by atoms with Crippen molar-refractivity contribution in [2.45, 2.75) is 96.2 Å². The average molecular weight is 295 g/mol. The Bertz CT molecular complexity index is 390. The highest BCUT2D eigenvalue weighted by atomic mass is 16.5. The molecule has 0 bridgehead atoms. The first kappa shape index (κ1) is 16.8. The second-order valence-corrected chi connectivity index (χ2v) is 7.88. The monoisotopic (exact) mass is 295 g/mol. The molecule has 2 rings (SSSR count). The number of hydroxylamine groups is 2. The molecule has 0 aromatic rings. The van der Waals surface area contributed by atoms with Gasteiger partial charge in [-0.3, -0.25) is 4.79 Å². The van der Waals surface area contributed by atoms with Crippen molar-refractivity contribution >= 4 is 5.91 Å². The van der Waals surface area contributed by atoms with E-state index in [1.807, 2.05) is 4.90 Å². The zero-order valence-electron chi connectivity index (χ0n) is 14.4. The van der Waals surface area contributed by atoms with Gasteiger partial charge in [-0.1, -0.05) is 33.1 Å². The van der Waals surface area contributed by atoms with E-state index < -0.39 is 11.1 Å². The molecule has 4 nitrogen and oxygen atoms in total. The van der Waals surface area contributed by atoms with Gasteiger partial charge in [-0.15, -0.1) is 10.3 Å². The van der Waals surface area contributed by atoms with Crippen LogP contribution in [0.2, 0.25) is 0 Å². The first-order chi connectivity index (χ1) is 9.73. The fraction of sp³-hybridized carbons (Fsp3) is 0.941. The van der Waals surface area contributed by atoms with E-state index in [0.717, 1.165) is 44.9 Å². The lowest BCUT2D eigenvalue weighted by molar-refractivity contribution is -0.310. The number of piperazine rings is 1. The fourth-order valence-corrected chi connectivity index (χ4v) is 4.08. The van der Waals surface area contributed by atoms with Crippen molar-refractivity contribution in [2.24, 2.45) is 0 Å². The summed E-state index contributed by atoms with van der Waals surface area (Å²) >= 11 is 0. The number of carbonyl (C=O) groups is 1. The molecule has 1 aliphatic carbocycles. The van der Waals surface area contributed by atoms with E-state index in [0.29, 0.717) is 6.54 Å². The Morgan fingerprint density at radius 1 is 1.05 bits per heavy atom. The van der Waals surface area contributed by atoms with Crippen LogP contribution < -0.4 is 0 Å². The van der Waals surface area contributed by atoms with Crippen molar-refractivity contribution in [3.05, 3.63) is 0 Å². The molecule has 1 amide bonds. The predicted molar refractivity (Wildman–Crippen MR) is 83.1 cm³/mol. The van der Waals surface area contributed by atoms with Crippen molar-refractivity contribution in [2.75, 3.05) is 6.54 Å². The zero-order chi connectivity index (χ0) is 15.9. The summed E-state index contributed by atoms with van der Waals surface area (Å²) in [6.45, 7) is 11.0. The molecule has 121 valence electrons. The van der Waals surface area contributed by atoms with Crippen LogP contribution in [0.1, 0.15) is 79.6 Å². The number of hydrogen-bond donors (Lipinski definition) is 0. The third kappa shape index (κ3) is 2.50. The Balaban J connectivity index is 2.49. The summed E-state index contributed by atoms with van der Waals surface area (Å²) in [4.78, 5) is 15.1. The van der Waals surface area contributed by atoms with Gasteiger partial charge in [0.05, 0.1) is 5.54 Å². The third-order valence-corrected chi connectivity index (χ3v) is 5.72. The van der Waals surface area contributed by atoms with E-state index in [-0.39, 0.29) is 11.4 Å². The SMILES string of the molecule is CCC1(CC)CN(C(C)(C)C)C(=O)C2(CCCCC2)N1[O]. The van der Waals surface area contributed by atoms with Crippen molar-refractivity contribution in [1.29, 1.82) is 0 Å². The number of hydrogen-bond acceptors (Lipinski definition) is 2. The van der Waals surface area contributed by atoms with Crippen molar-refractivity contribution in [3.8, 4) is 0 Å². The summed E-state index contributed by atoms with van der Waals surface area (Å²) in [6, 6.07) is 0. The predicted octanol–water partition coefficient (Wildman–Crippen LogP) is 3.54. The topological polar surface area (TPSA) is 43.5 Å². The van der Waals surface area contributed by atoms with Crippen LogP contribution in [0.3, 0.4) is 0 Å². The summed E-state index contributed by atoms with van der Waals surface area (Å²) < 4.78 is 0. The van der Waals surface area contributed by atoms with Crippen LogP contribution in [-0.2, 0) is 10.0 Å². The van der Waals surface area contributed by atoms with Gasteiger partial charge >= 0.3 is 0 Å². The lowest BCUT2D eigenvalue weighted by atomic mass is 9.73. The lowest BCUT2D eigenvalue weighted by Crippen LogP contribution is -2.75. The van der Waals surface area contributed by atoms with Gasteiger partial charge in [0.25, 0.3) is 0 Å². The Labute approximate surface area is 129 Å². The molecular weight excluding hydrogens is 264 g/mol. The van der Waals surface area contributed by atoms with Gasteiger partial charge in [0.1, 0.15) is 5.54 Å². The maximum absolute atomic E-state index is 13.2. The average Bonchev–Trinajstić information content (AvgIpc) is 2.46. The highest BCUT2D eigenvalue weighted by molar-refractivity contribution is 5.88. The first-order valence-corrected chi connectivity index (χ1v) is 8.53. The van der Waals surface area contributed by atoms with Gasteiger partial charge in [-0.05, 0) is 46.5 Å². The van der Waals surface area contributed by atoms with Crippen LogP contribution in [0.25, 0.3) is 0 Å². The van der Waals surface area contributed by atoms with E-state index in [2.05, 4.69) is 34.6 Å². The minimum absolute atomic E-state index is 0.0715. The second-order valence-electron chi connectivity index (χ2n) is 7.88. The van der Waals surface area contributed by atoms with Crippen LogP contribution in [0.15, 0.2) is 0 Å². The van der Waals surface area contributed by atoms with Gasteiger partial charge < -0.3 is 4.90 Å². The zero-order valence-corrected chi connectivity index (χ0v) is 14.4. The number of carbonyl (C=O) groups excluding carboxylic acids is 1. The second kappa shape index (κ2) is 5.54. The first-order valence-electron chi connectivity index (χ1n) is 8.53. The molecular formula is C17H31N2O2. The molecule has 21 heavy (non-hydrogen) atoms. The van der Waals surface area contributed by atoms with Crippen molar-refractivity contribution in [1.82, 2.24) is 9.96 Å². The van der Waals surface area contributed by atoms with Gasteiger partial charge in [0, 0.05) is 12.1 Å². The summed E-state index contributed by atoms with van der Waals surface area (Å²) in [5.74, 6) is 0.0715. The van der Waals surface area contributed by atoms with Crippen LogP contribution in [0.4, 0.5) is 0 Å². The number of nitrogens with zero attached hydrogens (tertiary/aromatic N) is 2. The van der Waals surface area contributed by atoms with Gasteiger partial charge in [0.2, 0.25) is 5.91 Å². The van der Waals surface area contributed by atoms with E-state index >= 15 is 0 Å². The largest absolute Gasteiger partial charge is 0.334 e. The minimum atomic E-state index is -0.796. The van der Waals surface area contributed by atoms with Gasteiger partial charge in [-0.2, -0.15) is 0 Å². The molecule has 2 aliphatic rings. The van der Waals surface area contributed by atoms with Crippen LogP contribution in [-0.4, -0.2) is 39.0 Å². The summed E-state index contributed by atoms with van der Waals surface area (Å²) in [7, 11) is 0. The summed E-state index contributed by atoms with van der Waals surface area (Å²) in [6.07, 6.45) is 6.18. The van der Waals surface area contributed by atoms with Crippen molar-refractivity contribution < 1.29 is 10.0 Å². The molecule has 1 saturated carbocycles. The van der Waals surface area contributed by atoms with E-state index in [4.69, 9.17) is 0 Å². The molecule has 1 saturated heterocycles. The van der Waals surface area contributed by atoms with E-state index in [9.17, 15) is 10.0 Å². The molecule has 2 fully saturated rings. The smallest absolute Gasteiger partial charge is 0.246 e. The molecule has 0 atom stereocenters. The van der Waals surface area contributed by atoms with Crippen LogP contribution >= 0.6 is 0 Å². The molecule has 1 aliphatic heterocycles. The molecule has 0 unspecified atom stereocenters. The normalized spacial score (nSPS) is 26.4. The molecule has 0 N–H and O–H groups in total. The molecule has 1 radical (unpaired) electrons. The van der Waals surface area contributed by atoms with Crippen LogP contribution in [0.5, 0.6) is 0 Å². The minimum Gasteiger partial charge on any atom is -0.334 e. The van der Waals surface area contributed by atoms with Crippen LogP contribution in [0, 0.1) is 0 Å². The van der Waals surface area contributed by atoms with Gasteiger partial charge in [0.15, 0.2) is 0 Å². The summed E-state index contributed by atoms with van der Waals surface area (Å²) in [5.41, 5.74) is -1.44. The Morgan fingerprint density at radius 2 is 1.57 bits per heavy atom. The molecule has 0 aromatic heterocycles. The lowest BCUT2D eigenvalue weighted by Gasteiger charge is -2.59. The van der Waals surface area contributed by atoms with Gasteiger partial charge in [-0.25, -0.2) is 0 Å². The summed E-state index contributed by atoms with van der Waals surface area (Å²) in [5, 5.41) is 14.5. The standard InChI is InChI=1S/C17H31N2O2/c1-6-16(7-2)13-18(15(3,4)5)14(20)17(19(16)21)11-9-8-10-12-17/h6-13H2,1-5H3. The Hall–Kier alpha value is -0.610. The number of rotatable bonds is 2. The quantitative estimate of drug-likeness (QED) is 0.782. The Morgan fingerprint density at radius 3 is 2.00 bits per heavy atom. The third-order valence-electron chi connectivity index (χ3n) is 5.72. The molecule has 4 heteroatoms. The highest BCUT2D eigenvalue weighted by Gasteiger charge is 2.60. The van der Waals surface area contributed by atoms with E-state index in [1.165, 1.54) is 5.06 Å². The fourth-order valence-electron chi connectivity index (χ4n) is 4.08. The number of amides is 1.